The first-order valence-corrected chi connectivity index (χ1v) is 4.63. The smallest absolute Gasteiger partial charge is 0.0647 e. The summed E-state index contributed by atoms with van der Waals surface area (Å²) < 4.78 is 0. The third-order valence-electron chi connectivity index (χ3n) is 2.45. The summed E-state index contributed by atoms with van der Waals surface area (Å²) in [7, 11) is 0. The van der Waals surface area contributed by atoms with Gasteiger partial charge in [0.15, 0.2) is 0 Å². The SMILES string of the molecule is CCC(C)NC(CC)(CO)CO. The summed E-state index contributed by atoms with van der Waals surface area (Å²) in [6.07, 6.45) is 1.74. The van der Waals surface area contributed by atoms with Crippen LogP contribution < -0.4 is 5.32 Å². The molecule has 0 aromatic rings. The first-order valence-electron chi connectivity index (χ1n) is 4.63. The average molecular weight is 175 g/mol. The van der Waals surface area contributed by atoms with Gasteiger partial charge in [-0.25, -0.2) is 0 Å². The van der Waals surface area contributed by atoms with E-state index in [1.165, 1.54) is 0 Å². The Hall–Kier alpha value is -0.120. The summed E-state index contributed by atoms with van der Waals surface area (Å²) in [4.78, 5) is 0. The fourth-order valence-corrected chi connectivity index (χ4v) is 1.09. The van der Waals surface area contributed by atoms with Crippen LogP contribution in [-0.4, -0.2) is 35.0 Å². The minimum absolute atomic E-state index is 0.00958. The van der Waals surface area contributed by atoms with E-state index in [1.54, 1.807) is 0 Å². The maximum Gasteiger partial charge on any atom is 0.0647 e. The first kappa shape index (κ1) is 11.9. The van der Waals surface area contributed by atoms with E-state index in [2.05, 4.69) is 19.2 Å². The molecule has 12 heavy (non-hydrogen) atoms. The minimum Gasteiger partial charge on any atom is -0.394 e. The second-order valence-corrected chi connectivity index (χ2v) is 3.40. The van der Waals surface area contributed by atoms with E-state index in [9.17, 15) is 0 Å². The summed E-state index contributed by atoms with van der Waals surface area (Å²) in [6.45, 7) is 6.07. The zero-order chi connectivity index (χ0) is 9.61. The Morgan fingerprint density at radius 3 is 2.00 bits per heavy atom. The lowest BCUT2D eigenvalue weighted by Crippen LogP contribution is -2.54. The molecule has 0 bridgehead atoms. The van der Waals surface area contributed by atoms with Gasteiger partial charge < -0.3 is 15.5 Å². The minimum atomic E-state index is -0.491. The second-order valence-electron chi connectivity index (χ2n) is 3.40. The Balaban J connectivity index is 4.09. The Morgan fingerprint density at radius 2 is 1.75 bits per heavy atom. The van der Waals surface area contributed by atoms with Crippen LogP contribution in [0.4, 0.5) is 0 Å². The standard InChI is InChI=1S/C9H21NO2/c1-4-8(3)10-9(5-2,6-11)7-12/h8,10-12H,4-7H2,1-3H3. The highest BCUT2D eigenvalue weighted by Gasteiger charge is 2.27. The molecule has 0 saturated carbocycles. The van der Waals surface area contributed by atoms with Crippen LogP contribution in [0.5, 0.6) is 0 Å². The van der Waals surface area contributed by atoms with Crippen molar-refractivity contribution < 1.29 is 10.2 Å². The monoisotopic (exact) mass is 175 g/mol. The quantitative estimate of drug-likeness (QED) is 0.551. The number of nitrogens with one attached hydrogen (secondary N) is 1. The maximum atomic E-state index is 9.10. The van der Waals surface area contributed by atoms with Crippen molar-refractivity contribution in [2.75, 3.05) is 13.2 Å². The molecule has 0 amide bonds. The molecular formula is C9H21NO2. The van der Waals surface area contributed by atoms with Gasteiger partial charge >= 0.3 is 0 Å². The molecule has 0 spiro atoms. The Labute approximate surface area is 74.8 Å². The number of rotatable bonds is 6. The van der Waals surface area contributed by atoms with Gasteiger partial charge in [-0.05, 0) is 19.8 Å². The van der Waals surface area contributed by atoms with Gasteiger partial charge in [0.25, 0.3) is 0 Å². The van der Waals surface area contributed by atoms with E-state index >= 15 is 0 Å². The zero-order valence-electron chi connectivity index (χ0n) is 8.30. The molecule has 0 aromatic heterocycles. The van der Waals surface area contributed by atoms with Gasteiger partial charge in [0.2, 0.25) is 0 Å². The van der Waals surface area contributed by atoms with E-state index in [4.69, 9.17) is 10.2 Å². The highest BCUT2D eigenvalue weighted by Crippen LogP contribution is 2.10. The van der Waals surface area contributed by atoms with E-state index in [-0.39, 0.29) is 13.2 Å². The molecule has 0 radical (unpaired) electrons. The highest BCUT2D eigenvalue weighted by atomic mass is 16.3. The van der Waals surface area contributed by atoms with E-state index in [1.807, 2.05) is 6.92 Å². The van der Waals surface area contributed by atoms with E-state index in [0.717, 1.165) is 12.8 Å². The van der Waals surface area contributed by atoms with Crippen LogP contribution in [0.25, 0.3) is 0 Å². The van der Waals surface area contributed by atoms with Crippen molar-refractivity contribution in [3.63, 3.8) is 0 Å². The molecule has 3 N–H and O–H groups in total. The molecule has 1 atom stereocenters. The maximum absolute atomic E-state index is 9.10. The van der Waals surface area contributed by atoms with Gasteiger partial charge in [-0.15, -0.1) is 0 Å². The Kier molecular flexibility index (Phi) is 5.46. The molecule has 0 rings (SSSR count). The van der Waals surface area contributed by atoms with Crippen molar-refractivity contribution in [1.82, 2.24) is 5.32 Å². The zero-order valence-corrected chi connectivity index (χ0v) is 8.30. The molecule has 0 heterocycles. The average Bonchev–Trinajstić information content (AvgIpc) is 2.14. The summed E-state index contributed by atoms with van der Waals surface area (Å²) >= 11 is 0. The lowest BCUT2D eigenvalue weighted by molar-refractivity contribution is 0.0789. The van der Waals surface area contributed by atoms with Gasteiger partial charge in [-0.1, -0.05) is 13.8 Å². The van der Waals surface area contributed by atoms with E-state index < -0.39 is 5.54 Å². The van der Waals surface area contributed by atoms with Crippen molar-refractivity contribution in [3.8, 4) is 0 Å². The molecule has 0 saturated heterocycles. The van der Waals surface area contributed by atoms with Crippen LogP contribution >= 0.6 is 0 Å². The number of aliphatic hydroxyl groups excluding tert-OH is 2. The molecule has 0 aliphatic heterocycles. The fourth-order valence-electron chi connectivity index (χ4n) is 1.09. The Morgan fingerprint density at radius 1 is 1.25 bits per heavy atom. The molecule has 1 unspecified atom stereocenters. The number of hydrogen-bond donors (Lipinski definition) is 3. The lowest BCUT2D eigenvalue weighted by Gasteiger charge is -2.32. The van der Waals surface area contributed by atoms with Gasteiger partial charge in [0, 0.05) is 6.04 Å². The number of hydrogen-bond acceptors (Lipinski definition) is 3. The summed E-state index contributed by atoms with van der Waals surface area (Å²) in [5.74, 6) is 0. The van der Waals surface area contributed by atoms with Gasteiger partial charge in [0.05, 0.1) is 18.8 Å². The molecule has 74 valence electrons. The van der Waals surface area contributed by atoms with E-state index in [0.29, 0.717) is 6.04 Å². The third kappa shape index (κ3) is 3.09. The van der Waals surface area contributed by atoms with Crippen molar-refractivity contribution in [3.05, 3.63) is 0 Å². The molecule has 0 aromatic carbocycles. The van der Waals surface area contributed by atoms with Crippen LogP contribution in [0.15, 0.2) is 0 Å². The van der Waals surface area contributed by atoms with Crippen LogP contribution in [0.3, 0.4) is 0 Å². The molecule has 0 aliphatic carbocycles. The van der Waals surface area contributed by atoms with Crippen LogP contribution in [0.1, 0.15) is 33.6 Å². The molecule has 0 fully saturated rings. The first-order chi connectivity index (χ1) is 5.64. The topological polar surface area (TPSA) is 52.5 Å². The van der Waals surface area contributed by atoms with Gasteiger partial charge in [0.1, 0.15) is 0 Å². The molecular weight excluding hydrogens is 154 g/mol. The second kappa shape index (κ2) is 5.51. The Bertz CT molecular complexity index is 105. The van der Waals surface area contributed by atoms with Gasteiger partial charge in [-0.3, -0.25) is 0 Å². The third-order valence-corrected chi connectivity index (χ3v) is 2.45. The molecule has 0 aliphatic rings. The summed E-state index contributed by atoms with van der Waals surface area (Å²) in [5, 5.41) is 21.4. The highest BCUT2D eigenvalue weighted by molar-refractivity contribution is 4.87. The van der Waals surface area contributed by atoms with Crippen molar-refractivity contribution in [2.45, 2.75) is 45.2 Å². The number of aliphatic hydroxyl groups is 2. The van der Waals surface area contributed by atoms with Crippen LogP contribution in [-0.2, 0) is 0 Å². The van der Waals surface area contributed by atoms with Crippen molar-refractivity contribution in [2.24, 2.45) is 0 Å². The predicted molar refractivity (Wildman–Crippen MR) is 50.1 cm³/mol. The van der Waals surface area contributed by atoms with Crippen molar-refractivity contribution >= 4 is 0 Å². The molecule has 3 heteroatoms. The summed E-state index contributed by atoms with van der Waals surface area (Å²) in [5.41, 5.74) is -0.491. The summed E-state index contributed by atoms with van der Waals surface area (Å²) in [6, 6.07) is 0.337. The van der Waals surface area contributed by atoms with Crippen LogP contribution in [0.2, 0.25) is 0 Å². The molecule has 3 nitrogen and oxygen atoms in total. The van der Waals surface area contributed by atoms with Gasteiger partial charge in [-0.2, -0.15) is 0 Å². The van der Waals surface area contributed by atoms with Crippen LogP contribution in [0, 0.1) is 0 Å². The largest absolute Gasteiger partial charge is 0.394 e. The fraction of sp³-hybridized carbons (Fsp3) is 1.00. The lowest BCUT2D eigenvalue weighted by atomic mass is 9.97. The normalized spacial score (nSPS) is 14.8. The van der Waals surface area contributed by atoms with Crippen molar-refractivity contribution in [1.29, 1.82) is 0 Å². The predicted octanol–water partition coefficient (Wildman–Crippen LogP) is 0.508.